The normalized spacial score (nSPS) is 14.3. The Bertz CT molecular complexity index is 376. The Morgan fingerprint density at radius 2 is 1.84 bits per heavy atom. The van der Waals surface area contributed by atoms with Crippen molar-refractivity contribution in [3.8, 4) is 0 Å². The molecule has 4 heteroatoms. The highest BCUT2D eigenvalue weighted by molar-refractivity contribution is 5.79. The van der Waals surface area contributed by atoms with Gasteiger partial charge in [-0.2, -0.15) is 0 Å². The van der Waals surface area contributed by atoms with Crippen LogP contribution in [0.3, 0.4) is 0 Å². The topological polar surface area (TPSA) is 58.4 Å². The summed E-state index contributed by atoms with van der Waals surface area (Å²) in [5.41, 5.74) is 6.55. The van der Waals surface area contributed by atoms with Gasteiger partial charge in [0.2, 0.25) is 5.91 Å². The molecule has 0 saturated carbocycles. The predicted molar refractivity (Wildman–Crippen MR) is 78.8 cm³/mol. The third kappa shape index (κ3) is 4.65. The summed E-state index contributed by atoms with van der Waals surface area (Å²) in [4.78, 5) is 13.5. The van der Waals surface area contributed by atoms with E-state index < -0.39 is 0 Å². The number of nitrogens with one attached hydrogen (secondary N) is 1. The SMILES string of the molecule is CCN(CC)C(CNC(C)C(N)=O)c1ccccc1. The van der Waals surface area contributed by atoms with Crippen molar-refractivity contribution in [1.29, 1.82) is 0 Å². The fourth-order valence-electron chi connectivity index (χ4n) is 2.19. The number of primary amides is 1. The number of amides is 1. The van der Waals surface area contributed by atoms with E-state index in [4.69, 9.17) is 5.73 Å². The second-order valence-corrected chi connectivity index (χ2v) is 4.68. The Morgan fingerprint density at radius 1 is 1.26 bits per heavy atom. The van der Waals surface area contributed by atoms with Crippen molar-refractivity contribution in [3.63, 3.8) is 0 Å². The molecule has 1 amide bonds. The lowest BCUT2D eigenvalue weighted by molar-refractivity contribution is -0.119. The zero-order valence-corrected chi connectivity index (χ0v) is 12.1. The number of hydrogen-bond acceptors (Lipinski definition) is 3. The summed E-state index contributed by atoms with van der Waals surface area (Å²) in [6.45, 7) is 8.77. The zero-order chi connectivity index (χ0) is 14.3. The lowest BCUT2D eigenvalue weighted by Crippen LogP contribution is -2.44. The van der Waals surface area contributed by atoms with Gasteiger partial charge in [-0.15, -0.1) is 0 Å². The summed E-state index contributed by atoms with van der Waals surface area (Å²) in [5, 5.41) is 3.21. The van der Waals surface area contributed by atoms with E-state index in [9.17, 15) is 4.79 Å². The molecule has 0 aliphatic rings. The molecule has 0 bridgehead atoms. The molecular formula is C15H25N3O. The quantitative estimate of drug-likeness (QED) is 0.748. The van der Waals surface area contributed by atoms with Crippen LogP contribution in [0.5, 0.6) is 0 Å². The third-order valence-electron chi connectivity index (χ3n) is 3.48. The number of rotatable bonds is 8. The molecule has 0 aliphatic heterocycles. The van der Waals surface area contributed by atoms with E-state index >= 15 is 0 Å². The van der Waals surface area contributed by atoms with Crippen LogP contribution in [0.4, 0.5) is 0 Å². The van der Waals surface area contributed by atoms with E-state index in [1.807, 2.05) is 18.2 Å². The largest absolute Gasteiger partial charge is 0.368 e. The molecule has 0 spiro atoms. The molecule has 3 N–H and O–H groups in total. The van der Waals surface area contributed by atoms with Gasteiger partial charge in [-0.3, -0.25) is 9.69 Å². The highest BCUT2D eigenvalue weighted by atomic mass is 16.1. The predicted octanol–water partition coefficient (Wildman–Crippen LogP) is 1.53. The van der Waals surface area contributed by atoms with E-state index in [1.165, 1.54) is 5.56 Å². The fourth-order valence-corrected chi connectivity index (χ4v) is 2.19. The maximum atomic E-state index is 11.1. The van der Waals surface area contributed by atoms with Crippen molar-refractivity contribution in [2.24, 2.45) is 5.73 Å². The third-order valence-corrected chi connectivity index (χ3v) is 3.48. The van der Waals surface area contributed by atoms with Gasteiger partial charge in [-0.1, -0.05) is 44.2 Å². The van der Waals surface area contributed by atoms with Crippen LogP contribution in [0.15, 0.2) is 30.3 Å². The van der Waals surface area contributed by atoms with E-state index in [0.29, 0.717) is 0 Å². The Morgan fingerprint density at radius 3 is 2.32 bits per heavy atom. The Kier molecular flexibility index (Phi) is 6.53. The Balaban J connectivity index is 2.78. The number of carbonyl (C=O) groups is 1. The molecule has 0 aromatic heterocycles. The average Bonchev–Trinajstić information content (AvgIpc) is 2.43. The van der Waals surface area contributed by atoms with E-state index in [1.54, 1.807) is 6.92 Å². The van der Waals surface area contributed by atoms with Gasteiger partial charge in [0, 0.05) is 12.6 Å². The van der Waals surface area contributed by atoms with Crippen LogP contribution in [0.2, 0.25) is 0 Å². The summed E-state index contributed by atoms with van der Waals surface area (Å²) in [6.07, 6.45) is 0. The molecule has 0 heterocycles. The van der Waals surface area contributed by atoms with E-state index in [2.05, 4.69) is 36.2 Å². The molecule has 0 fully saturated rings. The van der Waals surface area contributed by atoms with Crippen LogP contribution < -0.4 is 11.1 Å². The first-order chi connectivity index (χ1) is 9.10. The molecule has 2 unspecified atom stereocenters. The van der Waals surface area contributed by atoms with Gasteiger partial charge < -0.3 is 11.1 Å². The second-order valence-electron chi connectivity index (χ2n) is 4.68. The first-order valence-corrected chi connectivity index (χ1v) is 6.91. The van der Waals surface area contributed by atoms with Crippen LogP contribution in [0, 0.1) is 0 Å². The van der Waals surface area contributed by atoms with Gasteiger partial charge >= 0.3 is 0 Å². The second kappa shape index (κ2) is 7.92. The number of likely N-dealkylation sites (N-methyl/N-ethyl adjacent to an activating group) is 1. The summed E-state index contributed by atoms with van der Waals surface area (Å²) >= 11 is 0. The smallest absolute Gasteiger partial charge is 0.234 e. The molecule has 106 valence electrons. The fraction of sp³-hybridized carbons (Fsp3) is 0.533. The van der Waals surface area contributed by atoms with Crippen LogP contribution in [0.25, 0.3) is 0 Å². The summed E-state index contributed by atoms with van der Waals surface area (Å²) in [6, 6.07) is 10.3. The molecule has 0 saturated heterocycles. The molecule has 0 radical (unpaired) electrons. The molecule has 19 heavy (non-hydrogen) atoms. The molecular weight excluding hydrogens is 238 g/mol. The van der Waals surface area contributed by atoms with E-state index in [0.717, 1.165) is 19.6 Å². The minimum atomic E-state index is -0.314. The first kappa shape index (κ1) is 15.7. The standard InChI is InChI=1S/C15H25N3O/c1-4-18(5-2)14(11-17-12(3)15(16)19)13-9-7-6-8-10-13/h6-10,12,14,17H,4-5,11H2,1-3H3,(H2,16,19). The molecule has 0 aliphatic carbocycles. The van der Waals surface area contributed by atoms with Crippen molar-refractivity contribution >= 4 is 5.91 Å². The highest BCUT2D eigenvalue weighted by Crippen LogP contribution is 2.19. The van der Waals surface area contributed by atoms with Gasteiger partial charge in [0.15, 0.2) is 0 Å². The van der Waals surface area contributed by atoms with Crippen LogP contribution in [0.1, 0.15) is 32.4 Å². The van der Waals surface area contributed by atoms with Gasteiger partial charge in [0.1, 0.15) is 0 Å². The van der Waals surface area contributed by atoms with Crippen molar-refractivity contribution < 1.29 is 4.79 Å². The Hall–Kier alpha value is -1.39. The minimum absolute atomic E-state index is 0.262. The maximum Gasteiger partial charge on any atom is 0.234 e. The van der Waals surface area contributed by atoms with Crippen molar-refractivity contribution in [1.82, 2.24) is 10.2 Å². The molecule has 4 nitrogen and oxygen atoms in total. The van der Waals surface area contributed by atoms with Gasteiger partial charge in [-0.25, -0.2) is 0 Å². The van der Waals surface area contributed by atoms with Gasteiger partial charge in [-0.05, 0) is 25.6 Å². The summed E-state index contributed by atoms with van der Waals surface area (Å²) in [7, 11) is 0. The number of carbonyl (C=O) groups excluding carboxylic acids is 1. The van der Waals surface area contributed by atoms with E-state index in [-0.39, 0.29) is 18.0 Å². The summed E-state index contributed by atoms with van der Waals surface area (Å²) < 4.78 is 0. The van der Waals surface area contributed by atoms with Crippen molar-refractivity contribution in [3.05, 3.63) is 35.9 Å². The lowest BCUT2D eigenvalue weighted by atomic mass is 10.0. The van der Waals surface area contributed by atoms with Crippen molar-refractivity contribution in [2.75, 3.05) is 19.6 Å². The number of hydrogen-bond donors (Lipinski definition) is 2. The molecule has 1 aromatic rings. The lowest BCUT2D eigenvalue weighted by Gasteiger charge is -2.31. The minimum Gasteiger partial charge on any atom is -0.368 e. The number of nitrogens with two attached hydrogens (primary N) is 1. The monoisotopic (exact) mass is 263 g/mol. The Labute approximate surface area is 116 Å². The summed E-state index contributed by atoms with van der Waals surface area (Å²) in [5.74, 6) is -0.314. The van der Waals surface area contributed by atoms with Gasteiger partial charge in [0.05, 0.1) is 6.04 Å². The van der Waals surface area contributed by atoms with Gasteiger partial charge in [0.25, 0.3) is 0 Å². The van der Waals surface area contributed by atoms with Crippen molar-refractivity contribution in [2.45, 2.75) is 32.9 Å². The number of benzene rings is 1. The molecule has 1 rings (SSSR count). The van der Waals surface area contributed by atoms with Crippen LogP contribution in [-0.2, 0) is 4.79 Å². The average molecular weight is 263 g/mol. The molecule has 2 atom stereocenters. The maximum absolute atomic E-state index is 11.1. The first-order valence-electron chi connectivity index (χ1n) is 6.91. The van der Waals surface area contributed by atoms with Crippen LogP contribution in [-0.4, -0.2) is 36.5 Å². The highest BCUT2D eigenvalue weighted by Gasteiger charge is 2.19. The zero-order valence-electron chi connectivity index (χ0n) is 12.1. The van der Waals surface area contributed by atoms with Crippen LogP contribution >= 0.6 is 0 Å². The molecule has 1 aromatic carbocycles. The number of nitrogens with zero attached hydrogens (tertiary/aromatic N) is 1.